The molecule has 0 aromatic heterocycles. The normalized spacial score (nSPS) is 11.3. The molecule has 0 atom stereocenters. The molecule has 0 bridgehead atoms. The highest BCUT2D eigenvalue weighted by Gasteiger charge is 2.23. The van der Waals surface area contributed by atoms with Gasteiger partial charge in [0.2, 0.25) is 5.91 Å². The molecule has 0 aliphatic rings. The van der Waals surface area contributed by atoms with Gasteiger partial charge in [-0.1, -0.05) is 61.7 Å². The molecule has 0 heterocycles. The molecule has 1 rings (SSSR count). The van der Waals surface area contributed by atoms with Gasteiger partial charge in [0, 0.05) is 15.7 Å². The molecule has 0 spiro atoms. The minimum absolute atomic E-state index is 0.0282. The second-order valence-corrected chi connectivity index (χ2v) is 5.67. The second-order valence-electron chi connectivity index (χ2n) is 4.14. The number of nitrogens with one attached hydrogen (secondary N) is 1. The third-order valence-corrected chi connectivity index (χ3v) is 5.18. The highest BCUT2D eigenvalue weighted by atomic mass is 79.9. The van der Waals surface area contributed by atoms with Gasteiger partial charge in [-0.15, -0.1) is 0 Å². The minimum atomic E-state index is -0.279. The van der Waals surface area contributed by atoms with Crippen molar-refractivity contribution in [3.05, 3.63) is 34.9 Å². The lowest BCUT2D eigenvalue weighted by atomic mass is 10.1. The molecule has 94 valence electrons. The van der Waals surface area contributed by atoms with Crippen LogP contribution < -0.4 is 5.32 Å². The van der Waals surface area contributed by atoms with Crippen LogP contribution in [0.4, 0.5) is 0 Å². The number of rotatable bonds is 5. The summed E-state index contributed by atoms with van der Waals surface area (Å²) in [6, 6.07) is 7.38. The SMILES string of the molecule is CC(CBr)(CBr)NC(=O)Cc1ccccc1Cl. The summed E-state index contributed by atoms with van der Waals surface area (Å²) in [7, 11) is 0. The predicted molar refractivity (Wildman–Crippen MR) is 79.3 cm³/mol. The number of hydrogen-bond donors (Lipinski definition) is 1. The van der Waals surface area contributed by atoms with E-state index in [1.54, 1.807) is 6.07 Å². The van der Waals surface area contributed by atoms with Gasteiger partial charge in [0.1, 0.15) is 0 Å². The average Bonchev–Trinajstić information content (AvgIpc) is 2.32. The first-order valence-corrected chi connectivity index (χ1v) is 7.79. The molecule has 0 fully saturated rings. The van der Waals surface area contributed by atoms with Crippen molar-refractivity contribution in [3.8, 4) is 0 Å². The lowest BCUT2D eigenvalue weighted by molar-refractivity contribution is -0.121. The Kier molecular flexibility index (Phi) is 5.97. The number of amides is 1. The van der Waals surface area contributed by atoms with E-state index in [0.29, 0.717) is 22.1 Å². The summed E-state index contributed by atoms with van der Waals surface area (Å²) in [6.45, 7) is 1.97. The van der Waals surface area contributed by atoms with E-state index in [-0.39, 0.29) is 11.4 Å². The van der Waals surface area contributed by atoms with Crippen LogP contribution in [0.25, 0.3) is 0 Å². The molecule has 0 saturated heterocycles. The summed E-state index contributed by atoms with van der Waals surface area (Å²) in [5, 5.41) is 4.99. The van der Waals surface area contributed by atoms with Crippen molar-refractivity contribution in [1.29, 1.82) is 0 Å². The van der Waals surface area contributed by atoms with Crippen LogP contribution in [0.2, 0.25) is 5.02 Å². The van der Waals surface area contributed by atoms with E-state index >= 15 is 0 Å². The Morgan fingerprint density at radius 1 is 1.35 bits per heavy atom. The van der Waals surface area contributed by atoms with Gasteiger partial charge in [-0.25, -0.2) is 0 Å². The van der Waals surface area contributed by atoms with Crippen LogP contribution in [0.15, 0.2) is 24.3 Å². The summed E-state index contributed by atoms with van der Waals surface area (Å²) in [5.41, 5.74) is 0.566. The Morgan fingerprint density at radius 3 is 2.47 bits per heavy atom. The fourth-order valence-electron chi connectivity index (χ4n) is 1.30. The van der Waals surface area contributed by atoms with Crippen LogP contribution in [-0.4, -0.2) is 22.1 Å². The molecule has 0 unspecified atom stereocenters. The standard InChI is InChI=1S/C12H14Br2ClNO/c1-12(7-13,8-14)16-11(17)6-9-4-2-3-5-10(9)15/h2-5H,6-8H2,1H3,(H,16,17). The van der Waals surface area contributed by atoms with E-state index < -0.39 is 0 Å². The van der Waals surface area contributed by atoms with Gasteiger partial charge < -0.3 is 5.32 Å². The molecule has 1 N–H and O–H groups in total. The van der Waals surface area contributed by atoms with Gasteiger partial charge in [0.25, 0.3) is 0 Å². The van der Waals surface area contributed by atoms with Crippen molar-refractivity contribution in [3.63, 3.8) is 0 Å². The van der Waals surface area contributed by atoms with Crippen LogP contribution in [0.1, 0.15) is 12.5 Å². The number of benzene rings is 1. The van der Waals surface area contributed by atoms with Crippen molar-refractivity contribution in [2.24, 2.45) is 0 Å². The third kappa shape index (κ3) is 4.60. The molecule has 2 nitrogen and oxygen atoms in total. The van der Waals surface area contributed by atoms with Gasteiger partial charge >= 0.3 is 0 Å². The molecule has 0 radical (unpaired) electrons. The van der Waals surface area contributed by atoms with Gasteiger partial charge in [-0.05, 0) is 18.6 Å². The minimum Gasteiger partial charge on any atom is -0.349 e. The lowest BCUT2D eigenvalue weighted by Crippen LogP contribution is -2.49. The zero-order valence-electron chi connectivity index (χ0n) is 9.47. The Balaban J connectivity index is 2.65. The van der Waals surface area contributed by atoms with Gasteiger partial charge in [-0.3, -0.25) is 4.79 Å². The van der Waals surface area contributed by atoms with Crippen molar-refractivity contribution in [1.82, 2.24) is 5.32 Å². The van der Waals surface area contributed by atoms with Crippen LogP contribution in [0.3, 0.4) is 0 Å². The van der Waals surface area contributed by atoms with Crippen LogP contribution in [0.5, 0.6) is 0 Å². The number of hydrogen-bond acceptors (Lipinski definition) is 1. The average molecular weight is 384 g/mol. The Bertz CT molecular complexity index is 394. The highest BCUT2D eigenvalue weighted by molar-refractivity contribution is 9.09. The molecule has 5 heteroatoms. The summed E-state index contributed by atoms with van der Waals surface area (Å²) < 4.78 is 0. The van der Waals surface area contributed by atoms with Crippen LogP contribution >= 0.6 is 43.5 Å². The molecule has 0 saturated carbocycles. The van der Waals surface area contributed by atoms with Gasteiger partial charge in [-0.2, -0.15) is 0 Å². The maximum Gasteiger partial charge on any atom is 0.224 e. The van der Waals surface area contributed by atoms with Crippen molar-refractivity contribution in [2.75, 3.05) is 10.7 Å². The first kappa shape index (κ1) is 15.0. The van der Waals surface area contributed by atoms with E-state index in [0.717, 1.165) is 5.56 Å². The first-order valence-electron chi connectivity index (χ1n) is 5.17. The summed E-state index contributed by atoms with van der Waals surface area (Å²) in [5.74, 6) is -0.0282. The van der Waals surface area contributed by atoms with Crippen LogP contribution in [0, 0.1) is 0 Å². The molecule has 1 aromatic carbocycles. The molecular weight excluding hydrogens is 369 g/mol. The largest absolute Gasteiger partial charge is 0.349 e. The maximum atomic E-state index is 11.9. The molecule has 1 amide bonds. The topological polar surface area (TPSA) is 29.1 Å². The zero-order chi connectivity index (χ0) is 12.9. The summed E-state index contributed by atoms with van der Waals surface area (Å²) in [6.07, 6.45) is 0.301. The number of carbonyl (C=O) groups excluding carboxylic acids is 1. The third-order valence-electron chi connectivity index (χ3n) is 2.34. The Morgan fingerprint density at radius 2 is 1.94 bits per heavy atom. The number of alkyl halides is 2. The quantitative estimate of drug-likeness (QED) is 0.774. The monoisotopic (exact) mass is 381 g/mol. The van der Waals surface area contributed by atoms with Crippen molar-refractivity contribution >= 4 is 49.4 Å². The maximum absolute atomic E-state index is 11.9. The number of carbonyl (C=O) groups is 1. The van der Waals surface area contributed by atoms with E-state index in [1.165, 1.54) is 0 Å². The number of halogens is 3. The molecule has 17 heavy (non-hydrogen) atoms. The molecule has 1 aromatic rings. The molecule has 0 aliphatic heterocycles. The Hall–Kier alpha value is -0.0600. The lowest BCUT2D eigenvalue weighted by Gasteiger charge is -2.26. The molecule has 0 aliphatic carbocycles. The molecular formula is C12H14Br2ClNO. The van der Waals surface area contributed by atoms with E-state index in [1.807, 2.05) is 25.1 Å². The Labute approximate surface area is 123 Å². The summed E-state index contributed by atoms with van der Waals surface area (Å²) >= 11 is 12.8. The van der Waals surface area contributed by atoms with Gasteiger partial charge in [0.15, 0.2) is 0 Å². The van der Waals surface area contributed by atoms with E-state index in [4.69, 9.17) is 11.6 Å². The highest BCUT2D eigenvalue weighted by Crippen LogP contribution is 2.16. The van der Waals surface area contributed by atoms with Crippen LogP contribution in [-0.2, 0) is 11.2 Å². The second kappa shape index (κ2) is 6.76. The first-order chi connectivity index (χ1) is 8.00. The van der Waals surface area contributed by atoms with Gasteiger partial charge in [0.05, 0.1) is 12.0 Å². The fourth-order valence-corrected chi connectivity index (χ4v) is 2.71. The predicted octanol–water partition coefficient (Wildman–Crippen LogP) is 3.55. The smallest absolute Gasteiger partial charge is 0.224 e. The fraction of sp³-hybridized carbons (Fsp3) is 0.417. The summed E-state index contributed by atoms with van der Waals surface area (Å²) in [4.78, 5) is 11.9. The van der Waals surface area contributed by atoms with E-state index in [2.05, 4.69) is 37.2 Å². The zero-order valence-corrected chi connectivity index (χ0v) is 13.4. The van der Waals surface area contributed by atoms with Crippen molar-refractivity contribution in [2.45, 2.75) is 18.9 Å². The van der Waals surface area contributed by atoms with Crippen molar-refractivity contribution < 1.29 is 4.79 Å². The van der Waals surface area contributed by atoms with E-state index in [9.17, 15) is 4.79 Å².